The molecule has 0 aliphatic heterocycles. The van der Waals surface area contributed by atoms with Gasteiger partial charge in [-0.3, -0.25) is 4.68 Å². The van der Waals surface area contributed by atoms with Crippen molar-refractivity contribution >= 4 is 0 Å². The van der Waals surface area contributed by atoms with Crippen molar-refractivity contribution in [2.45, 2.75) is 13.0 Å². The maximum atomic E-state index is 3.73. The number of rotatable bonds is 2. The van der Waals surface area contributed by atoms with Crippen molar-refractivity contribution in [2.24, 2.45) is 0 Å². The minimum Gasteiger partial charge on any atom is -0.342 e. The molecule has 47 valence electrons. The van der Waals surface area contributed by atoms with Gasteiger partial charge in [0.15, 0.2) is 0 Å². The van der Waals surface area contributed by atoms with Gasteiger partial charge in [0.2, 0.25) is 0 Å². The molecule has 0 atom stereocenters. The van der Waals surface area contributed by atoms with Crippen LogP contribution in [0.2, 0.25) is 0 Å². The molecule has 1 aromatic heterocycles. The van der Waals surface area contributed by atoms with Crippen LogP contribution in [0.15, 0.2) is 12.4 Å². The summed E-state index contributed by atoms with van der Waals surface area (Å²) in [6.45, 7) is 4.53. The van der Waals surface area contributed by atoms with E-state index in [4.69, 9.17) is 0 Å². The van der Waals surface area contributed by atoms with Gasteiger partial charge in [0.25, 0.3) is 0 Å². The molecule has 0 spiro atoms. The molecule has 0 unspecified atom stereocenters. The van der Waals surface area contributed by atoms with Crippen molar-refractivity contribution in [2.75, 3.05) is 0 Å². The van der Waals surface area contributed by atoms with E-state index in [1.807, 2.05) is 6.20 Å². The second-order valence-corrected chi connectivity index (χ2v) is 1.52. The van der Waals surface area contributed by atoms with Crippen LogP contribution >= 0.6 is 0 Å². The molecule has 0 aromatic carbocycles. The van der Waals surface area contributed by atoms with Crippen LogP contribution < -0.4 is 0 Å². The molecule has 0 aliphatic carbocycles. The van der Waals surface area contributed by atoms with E-state index in [1.165, 1.54) is 0 Å². The van der Waals surface area contributed by atoms with Crippen LogP contribution in [0.3, 0.4) is 0 Å². The third kappa shape index (κ3) is 3.06. The van der Waals surface area contributed by atoms with Crippen molar-refractivity contribution in [3.63, 3.8) is 0 Å². The molecule has 4 heteroatoms. The zero-order valence-electron chi connectivity index (χ0n) is 5.20. The van der Waals surface area contributed by atoms with E-state index in [0.29, 0.717) is 0 Å². The molecule has 1 rings (SSSR count). The summed E-state index contributed by atoms with van der Waals surface area (Å²) in [6, 6.07) is 0. The van der Waals surface area contributed by atoms with E-state index in [2.05, 4.69) is 17.2 Å². The topological polar surface area (TPSA) is 30.7 Å². The number of hydrogen-bond donors (Lipinski definition) is 0. The van der Waals surface area contributed by atoms with Crippen LogP contribution in [-0.4, -0.2) is 15.0 Å². The van der Waals surface area contributed by atoms with Crippen LogP contribution in [0, 0.1) is 6.92 Å². The zero-order valence-corrected chi connectivity index (χ0v) is 8.03. The SMILES string of the molecule is [CH2-]CCn1ccnn1.[Y]. The van der Waals surface area contributed by atoms with Crippen molar-refractivity contribution < 1.29 is 32.7 Å². The number of aryl methyl sites for hydroxylation is 1. The van der Waals surface area contributed by atoms with Gasteiger partial charge in [-0.1, -0.05) is 5.21 Å². The van der Waals surface area contributed by atoms with Crippen LogP contribution in [0.25, 0.3) is 0 Å². The summed E-state index contributed by atoms with van der Waals surface area (Å²) in [6.07, 6.45) is 4.35. The Bertz CT molecular complexity index is 138. The van der Waals surface area contributed by atoms with Gasteiger partial charge < -0.3 is 6.92 Å². The monoisotopic (exact) mass is 199 g/mol. The van der Waals surface area contributed by atoms with Crippen molar-refractivity contribution in [3.8, 4) is 0 Å². The fraction of sp³-hybridized carbons (Fsp3) is 0.400. The fourth-order valence-corrected chi connectivity index (χ4v) is 0.514. The minimum atomic E-state index is 0. The zero-order chi connectivity index (χ0) is 5.82. The molecule has 3 nitrogen and oxygen atoms in total. The molecule has 0 fully saturated rings. The number of hydrogen-bond acceptors (Lipinski definition) is 2. The average molecular weight is 199 g/mol. The largest absolute Gasteiger partial charge is 0.342 e. The Morgan fingerprint density at radius 3 is 2.78 bits per heavy atom. The molecule has 0 aliphatic rings. The summed E-state index contributed by atoms with van der Waals surface area (Å²) in [4.78, 5) is 0. The Labute approximate surface area is 79.7 Å². The Kier molecular flexibility index (Phi) is 5.20. The van der Waals surface area contributed by atoms with E-state index in [-0.39, 0.29) is 32.7 Å². The van der Waals surface area contributed by atoms with Gasteiger partial charge in [0, 0.05) is 45.5 Å². The standard InChI is InChI=1S/C5H8N3.Y/c1-2-4-8-5-3-6-7-8;/h3,5H,1-2,4H2;/q-1;. The van der Waals surface area contributed by atoms with E-state index in [9.17, 15) is 0 Å². The van der Waals surface area contributed by atoms with E-state index < -0.39 is 0 Å². The molecule has 0 amide bonds. The summed E-state index contributed by atoms with van der Waals surface area (Å²) in [5.74, 6) is 0. The van der Waals surface area contributed by atoms with Crippen molar-refractivity contribution in [1.29, 1.82) is 0 Å². The van der Waals surface area contributed by atoms with E-state index in [0.717, 1.165) is 13.0 Å². The molecule has 0 saturated heterocycles. The predicted molar refractivity (Wildman–Crippen MR) is 30.0 cm³/mol. The summed E-state index contributed by atoms with van der Waals surface area (Å²) in [5.41, 5.74) is 0. The number of aromatic nitrogens is 3. The molecule has 1 heterocycles. The van der Waals surface area contributed by atoms with Crippen molar-refractivity contribution in [3.05, 3.63) is 19.3 Å². The fourth-order valence-electron chi connectivity index (χ4n) is 0.514. The average Bonchev–Trinajstić information content (AvgIpc) is 2.19. The van der Waals surface area contributed by atoms with Crippen LogP contribution in [0.5, 0.6) is 0 Å². The predicted octanol–water partition coefficient (Wildman–Crippen LogP) is 0.500. The quantitative estimate of drug-likeness (QED) is 0.649. The van der Waals surface area contributed by atoms with Crippen molar-refractivity contribution in [1.82, 2.24) is 15.0 Å². The molecular weight excluding hydrogens is 191 g/mol. The number of nitrogens with zero attached hydrogens (tertiary/aromatic N) is 3. The maximum absolute atomic E-state index is 3.73. The molecule has 0 N–H and O–H groups in total. The molecule has 1 radical (unpaired) electrons. The van der Waals surface area contributed by atoms with Crippen LogP contribution in [0.4, 0.5) is 0 Å². The molecule has 0 saturated carbocycles. The molecule has 0 bridgehead atoms. The first-order valence-corrected chi connectivity index (χ1v) is 2.57. The summed E-state index contributed by atoms with van der Waals surface area (Å²) in [5, 5.41) is 7.36. The first-order valence-electron chi connectivity index (χ1n) is 2.57. The Morgan fingerprint density at radius 1 is 1.56 bits per heavy atom. The van der Waals surface area contributed by atoms with Gasteiger partial charge in [-0.25, -0.2) is 0 Å². The minimum absolute atomic E-state index is 0. The second-order valence-electron chi connectivity index (χ2n) is 1.52. The summed E-state index contributed by atoms with van der Waals surface area (Å²) < 4.78 is 1.76. The molecule has 9 heavy (non-hydrogen) atoms. The van der Waals surface area contributed by atoms with E-state index >= 15 is 0 Å². The third-order valence-electron chi connectivity index (χ3n) is 0.859. The van der Waals surface area contributed by atoms with Gasteiger partial charge in [-0.15, -0.1) is 5.10 Å². The van der Waals surface area contributed by atoms with Gasteiger partial charge >= 0.3 is 0 Å². The van der Waals surface area contributed by atoms with E-state index in [1.54, 1.807) is 10.9 Å². The Morgan fingerprint density at radius 2 is 2.33 bits per heavy atom. The van der Waals surface area contributed by atoms with Gasteiger partial charge in [0.05, 0.1) is 6.20 Å². The van der Waals surface area contributed by atoms with Gasteiger partial charge in [0.1, 0.15) is 0 Å². The summed E-state index contributed by atoms with van der Waals surface area (Å²) >= 11 is 0. The van der Waals surface area contributed by atoms with Crippen LogP contribution in [0.1, 0.15) is 6.42 Å². The molecule has 1 aromatic rings. The Hall–Kier alpha value is 0.244. The molecular formula is C5H8N3Y-. The maximum Gasteiger partial charge on any atom is 0.0692 e. The third-order valence-corrected chi connectivity index (χ3v) is 0.859. The normalized spacial score (nSPS) is 8.56. The van der Waals surface area contributed by atoms with Gasteiger partial charge in [-0.05, 0) is 0 Å². The first kappa shape index (κ1) is 9.24. The van der Waals surface area contributed by atoms with Crippen LogP contribution in [-0.2, 0) is 39.3 Å². The Balaban J connectivity index is 0.000000640. The van der Waals surface area contributed by atoms with Gasteiger partial charge in [-0.2, -0.15) is 6.42 Å². The second kappa shape index (κ2) is 5.06. The first-order chi connectivity index (χ1) is 3.93. The smallest absolute Gasteiger partial charge is 0.0692 e. The summed E-state index contributed by atoms with van der Waals surface area (Å²) in [7, 11) is 0.